The number of halogens is 1. The van der Waals surface area contributed by atoms with Crippen LogP contribution in [-0.4, -0.2) is 18.0 Å². The highest BCUT2D eigenvalue weighted by Gasteiger charge is 2.23. The summed E-state index contributed by atoms with van der Waals surface area (Å²) in [6.07, 6.45) is 1.91. The number of aliphatic imine (C=N–C) groups is 1. The maximum atomic E-state index is 6.20. The number of thioether (sulfide) groups is 1. The molecule has 1 atom stereocenters. The number of rotatable bonds is 5. The van der Waals surface area contributed by atoms with Gasteiger partial charge in [-0.05, 0) is 23.6 Å². The van der Waals surface area contributed by atoms with Gasteiger partial charge in [0.2, 0.25) is 0 Å². The van der Waals surface area contributed by atoms with Crippen molar-refractivity contribution in [2.45, 2.75) is 31.7 Å². The van der Waals surface area contributed by atoms with Crippen LogP contribution in [0.1, 0.15) is 26.3 Å². The quantitative estimate of drug-likeness (QED) is 0.486. The molecule has 0 fully saturated rings. The van der Waals surface area contributed by atoms with E-state index in [0.717, 1.165) is 16.3 Å². The van der Waals surface area contributed by atoms with Gasteiger partial charge in [0.05, 0.1) is 6.04 Å². The van der Waals surface area contributed by atoms with Gasteiger partial charge in [0, 0.05) is 27.4 Å². The summed E-state index contributed by atoms with van der Waals surface area (Å²) in [6.45, 7) is 6.69. The molecular weight excluding hydrogens is 310 g/mol. The van der Waals surface area contributed by atoms with E-state index < -0.39 is 0 Å². The van der Waals surface area contributed by atoms with Crippen molar-refractivity contribution in [2.24, 2.45) is 10.4 Å². The summed E-state index contributed by atoms with van der Waals surface area (Å²) in [5, 5.41) is 0.745. The molecular formula is C19H22ClNS. The minimum Gasteiger partial charge on any atom is -0.288 e. The van der Waals surface area contributed by atoms with Gasteiger partial charge in [-0.25, -0.2) is 0 Å². The predicted octanol–water partition coefficient (Wildman–Crippen LogP) is 5.97. The third-order valence-corrected chi connectivity index (χ3v) is 4.88. The van der Waals surface area contributed by atoms with Crippen LogP contribution in [0.5, 0.6) is 0 Å². The normalized spacial score (nSPS) is 13.5. The number of nitrogens with zero attached hydrogens (tertiary/aromatic N) is 1. The average Bonchev–Trinajstić information content (AvgIpc) is 2.48. The van der Waals surface area contributed by atoms with E-state index in [-0.39, 0.29) is 11.5 Å². The molecule has 22 heavy (non-hydrogen) atoms. The minimum absolute atomic E-state index is 0.111. The molecule has 2 aromatic carbocycles. The summed E-state index contributed by atoms with van der Waals surface area (Å²) < 4.78 is 0. The smallest absolute Gasteiger partial charge is 0.0641 e. The van der Waals surface area contributed by atoms with E-state index >= 15 is 0 Å². The Hall–Kier alpha value is -1.25. The standard InChI is InChI=1S/C19H22ClNS/c1-19(2,3)18(14-22-16-10-5-4-6-11-16)21-13-15-9-7-8-12-17(15)20/h4-13,18H,14H2,1-3H3/t18-/m1/s1. The Morgan fingerprint density at radius 3 is 2.32 bits per heavy atom. The Labute approximate surface area is 142 Å². The number of hydrogen-bond acceptors (Lipinski definition) is 2. The van der Waals surface area contributed by atoms with Crippen LogP contribution in [0.2, 0.25) is 5.02 Å². The first kappa shape index (κ1) is 17.1. The largest absolute Gasteiger partial charge is 0.288 e. The van der Waals surface area contributed by atoms with Crippen LogP contribution >= 0.6 is 23.4 Å². The molecule has 0 spiro atoms. The molecule has 1 nitrogen and oxygen atoms in total. The molecule has 0 heterocycles. The molecule has 2 rings (SSSR count). The molecule has 0 aliphatic rings. The van der Waals surface area contributed by atoms with Gasteiger partial charge in [-0.1, -0.05) is 68.8 Å². The highest BCUT2D eigenvalue weighted by molar-refractivity contribution is 7.99. The third-order valence-electron chi connectivity index (χ3n) is 3.45. The predicted molar refractivity (Wildman–Crippen MR) is 99.5 cm³/mol. The first-order valence-corrected chi connectivity index (χ1v) is 8.79. The lowest BCUT2D eigenvalue weighted by Gasteiger charge is -2.27. The number of benzene rings is 2. The fourth-order valence-corrected chi connectivity index (χ4v) is 3.43. The molecule has 0 unspecified atom stereocenters. The van der Waals surface area contributed by atoms with Crippen molar-refractivity contribution in [3.05, 3.63) is 65.2 Å². The Morgan fingerprint density at radius 2 is 1.68 bits per heavy atom. The molecule has 116 valence electrons. The van der Waals surface area contributed by atoms with Crippen LogP contribution in [0, 0.1) is 5.41 Å². The second kappa shape index (κ2) is 7.85. The second-order valence-corrected chi connectivity index (χ2v) is 7.81. The van der Waals surface area contributed by atoms with Crippen molar-refractivity contribution in [2.75, 3.05) is 5.75 Å². The molecule has 0 bridgehead atoms. The van der Waals surface area contributed by atoms with E-state index in [0.29, 0.717) is 0 Å². The van der Waals surface area contributed by atoms with E-state index in [1.54, 1.807) is 0 Å². The zero-order valence-corrected chi connectivity index (χ0v) is 14.9. The van der Waals surface area contributed by atoms with E-state index in [2.05, 4.69) is 45.0 Å². The van der Waals surface area contributed by atoms with Crippen molar-refractivity contribution in [1.82, 2.24) is 0 Å². The lowest BCUT2D eigenvalue weighted by atomic mass is 9.88. The highest BCUT2D eigenvalue weighted by atomic mass is 35.5. The maximum Gasteiger partial charge on any atom is 0.0641 e. The lowest BCUT2D eigenvalue weighted by Crippen LogP contribution is -2.27. The summed E-state index contributed by atoms with van der Waals surface area (Å²) in [5.41, 5.74) is 1.09. The monoisotopic (exact) mass is 331 g/mol. The third kappa shape index (κ3) is 5.19. The van der Waals surface area contributed by atoms with Crippen LogP contribution < -0.4 is 0 Å². The Morgan fingerprint density at radius 1 is 1.05 bits per heavy atom. The van der Waals surface area contributed by atoms with Gasteiger partial charge in [0.15, 0.2) is 0 Å². The fourth-order valence-electron chi connectivity index (χ4n) is 1.96. The van der Waals surface area contributed by atoms with Crippen LogP contribution in [0.15, 0.2) is 64.5 Å². The molecule has 0 saturated carbocycles. The Bertz CT molecular complexity index is 617. The van der Waals surface area contributed by atoms with E-state index in [9.17, 15) is 0 Å². The zero-order valence-electron chi connectivity index (χ0n) is 13.3. The molecule has 0 radical (unpaired) electrons. The van der Waals surface area contributed by atoms with E-state index in [1.807, 2.05) is 48.3 Å². The van der Waals surface area contributed by atoms with Gasteiger partial charge in [-0.3, -0.25) is 4.99 Å². The lowest BCUT2D eigenvalue weighted by molar-refractivity contribution is 0.347. The highest BCUT2D eigenvalue weighted by Crippen LogP contribution is 2.29. The van der Waals surface area contributed by atoms with Gasteiger partial charge in [-0.15, -0.1) is 11.8 Å². The summed E-state index contributed by atoms with van der Waals surface area (Å²) in [7, 11) is 0. The maximum absolute atomic E-state index is 6.20. The second-order valence-electron chi connectivity index (χ2n) is 6.31. The fraction of sp³-hybridized carbons (Fsp3) is 0.316. The molecule has 0 N–H and O–H groups in total. The van der Waals surface area contributed by atoms with Crippen molar-refractivity contribution in [3.8, 4) is 0 Å². The Kier molecular flexibility index (Phi) is 6.10. The van der Waals surface area contributed by atoms with Gasteiger partial charge < -0.3 is 0 Å². The molecule has 3 heteroatoms. The van der Waals surface area contributed by atoms with Crippen LogP contribution in [0.3, 0.4) is 0 Å². The van der Waals surface area contributed by atoms with Crippen LogP contribution in [-0.2, 0) is 0 Å². The SMILES string of the molecule is CC(C)(C)[C@@H](CSc1ccccc1)N=Cc1ccccc1Cl. The summed E-state index contributed by atoms with van der Waals surface area (Å²) in [5.74, 6) is 0.953. The first-order valence-electron chi connectivity index (χ1n) is 7.42. The van der Waals surface area contributed by atoms with Gasteiger partial charge in [0.1, 0.15) is 0 Å². The molecule has 0 amide bonds. The summed E-state index contributed by atoms with van der Waals surface area (Å²) in [6, 6.07) is 18.5. The van der Waals surface area contributed by atoms with Gasteiger partial charge in [-0.2, -0.15) is 0 Å². The summed E-state index contributed by atoms with van der Waals surface area (Å²) in [4.78, 5) is 6.09. The average molecular weight is 332 g/mol. The summed E-state index contributed by atoms with van der Waals surface area (Å²) >= 11 is 8.05. The van der Waals surface area contributed by atoms with Crippen molar-refractivity contribution in [1.29, 1.82) is 0 Å². The molecule has 0 aromatic heterocycles. The molecule has 0 aliphatic heterocycles. The van der Waals surface area contributed by atoms with Crippen molar-refractivity contribution >= 4 is 29.6 Å². The van der Waals surface area contributed by atoms with Crippen LogP contribution in [0.25, 0.3) is 0 Å². The van der Waals surface area contributed by atoms with Gasteiger partial charge >= 0.3 is 0 Å². The first-order chi connectivity index (χ1) is 10.5. The van der Waals surface area contributed by atoms with Crippen molar-refractivity contribution < 1.29 is 0 Å². The molecule has 0 saturated heterocycles. The zero-order chi connectivity index (χ0) is 16.0. The topological polar surface area (TPSA) is 12.4 Å². The molecule has 2 aromatic rings. The molecule has 0 aliphatic carbocycles. The van der Waals surface area contributed by atoms with Crippen LogP contribution in [0.4, 0.5) is 0 Å². The van der Waals surface area contributed by atoms with E-state index in [4.69, 9.17) is 16.6 Å². The number of hydrogen-bond donors (Lipinski definition) is 0. The minimum atomic E-state index is 0.111. The Balaban J connectivity index is 2.09. The van der Waals surface area contributed by atoms with E-state index in [1.165, 1.54) is 4.90 Å². The van der Waals surface area contributed by atoms with Gasteiger partial charge in [0.25, 0.3) is 0 Å². The van der Waals surface area contributed by atoms with Crippen molar-refractivity contribution in [3.63, 3.8) is 0 Å².